The normalized spacial score (nSPS) is 12.9. The topological polar surface area (TPSA) is 162 Å². The van der Waals surface area contributed by atoms with Gasteiger partial charge >= 0.3 is 30.3 Å². The van der Waals surface area contributed by atoms with Crippen LogP contribution in [0, 0.1) is 17.0 Å². The molecule has 0 aromatic heterocycles. The van der Waals surface area contributed by atoms with Crippen LogP contribution in [0.2, 0.25) is 0 Å². The minimum Gasteiger partial charge on any atom is -0.478 e. The highest BCUT2D eigenvalue weighted by atomic mass is 19.4. The van der Waals surface area contributed by atoms with Crippen LogP contribution in [-0.2, 0) is 31.4 Å². The molecule has 2 N–H and O–H groups in total. The van der Waals surface area contributed by atoms with Crippen LogP contribution in [-0.4, -0.2) is 46.1 Å². The van der Waals surface area contributed by atoms with Gasteiger partial charge in [0.2, 0.25) is 12.2 Å². The van der Waals surface area contributed by atoms with E-state index in [1.54, 1.807) is 0 Å². The van der Waals surface area contributed by atoms with Crippen molar-refractivity contribution in [2.24, 2.45) is 0 Å². The number of halogens is 6. The average Bonchev–Trinajstić information content (AvgIpc) is 2.94. The first kappa shape index (κ1) is 33.0. The Hall–Kier alpha value is -5.48. The van der Waals surface area contributed by atoms with Crippen LogP contribution in [0.1, 0.15) is 37.4 Å². The fourth-order valence-electron chi connectivity index (χ4n) is 3.57. The number of non-ortho nitro benzene ring substituents is 1. The number of alkyl halides is 6. The van der Waals surface area contributed by atoms with E-state index in [0.29, 0.717) is 24.3 Å². The summed E-state index contributed by atoms with van der Waals surface area (Å²) in [4.78, 5) is 61.2. The van der Waals surface area contributed by atoms with Gasteiger partial charge in [-0.3, -0.25) is 14.9 Å². The van der Waals surface area contributed by atoms with E-state index < -0.39 is 81.2 Å². The maximum Gasteiger partial charge on any atom is 0.416 e. The molecule has 17 heteroatoms. The number of amides is 1. The molecule has 0 fully saturated rings. The molecular formula is C27H18F6N2O9. The second kappa shape index (κ2) is 12.8. The molecule has 0 heterocycles. The number of aryl methyl sites for hydroxylation is 1. The molecule has 2 atom stereocenters. The Morgan fingerprint density at radius 1 is 0.795 bits per heavy atom. The van der Waals surface area contributed by atoms with Crippen LogP contribution in [0.4, 0.5) is 37.7 Å². The van der Waals surface area contributed by atoms with Crippen LogP contribution in [0.5, 0.6) is 0 Å². The van der Waals surface area contributed by atoms with Crippen molar-refractivity contribution >= 4 is 35.2 Å². The molecule has 0 aliphatic rings. The number of hydrogen-bond donors (Lipinski definition) is 2. The van der Waals surface area contributed by atoms with E-state index in [1.807, 2.05) is 0 Å². The fourth-order valence-corrected chi connectivity index (χ4v) is 3.57. The number of anilines is 1. The summed E-state index contributed by atoms with van der Waals surface area (Å²) in [5.41, 5.74) is -4.90. The second-order valence-corrected chi connectivity index (χ2v) is 8.89. The molecule has 0 radical (unpaired) electrons. The van der Waals surface area contributed by atoms with Crippen LogP contribution in [0.15, 0.2) is 66.7 Å². The van der Waals surface area contributed by atoms with Crippen molar-refractivity contribution in [2.75, 3.05) is 5.32 Å². The number of carbonyl (C=O) groups excluding carboxylic acids is 3. The van der Waals surface area contributed by atoms with Gasteiger partial charge in [0.15, 0.2) is 0 Å². The SMILES string of the molecule is Cc1ccc([N+](=O)[O-])cc1NC(=O)[C@H](OC(=O)c1cccc(C(F)(F)F)c1)[C@@H](OC(=O)c1cccc(C(F)(F)F)c1)C(=O)O. The van der Waals surface area contributed by atoms with Crippen molar-refractivity contribution in [3.63, 3.8) is 0 Å². The predicted octanol–water partition coefficient (Wildman–Crippen LogP) is 5.42. The number of nitrogens with zero attached hydrogens (tertiary/aromatic N) is 1. The van der Waals surface area contributed by atoms with Gasteiger partial charge < -0.3 is 19.9 Å². The molecule has 0 saturated heterocycles. The van der Waals surface area contributed by atoms with Gasteiger partial charge in [-0.1, -0.05) is 18.2 Å². The Labute approximate surface area is 242 Å². The van der Waals surface area contributed by atoms with Crippen molar-refractivity contribution in [3.05, 3.63) is 105 Å². The van der Waals surface area contributed by atoms with E-state index in [-0.39, 0.29) is 11.3 Å². The minimum atomic E-state index is -4.92. The van der Waals surface area contributed by atoms with E-state index in [9.17, 15) is 60.7 Å². The number of carbonyl (C=O) groups is 4. The van der Waals surface area contributed by atoms with Gasteiger partial charge in [0.1, 0.15) is 0 Å². The molecule has 0 aliphatic carbocycles. The highest BCUT2D eigenvalue weighted by molar-refractivity contribution is 6.02. The smallest absolute Gasteiger partial charge is 0.416 e. The van der Waals surface area contributed by atoms with Crippen LogP contribution in [0.3, 0.4) is 0 Å². The molecule has 44 heavy (non-hydrogen) atoms. The third-order valence-corrected chi connectivity index (χ3v) is 5.79. The number of hydrogen-bond acceptors (Lipinski definition) is 8. The van der Waals surface area contributed by atoms with Gasteiger partial charge in [-0.05, 0) is 48.9 Å². The largest absolute Gasteiger partial charge is 0.478 e. The van der Waals surface area contributed by atoms with Crippen molar-refractivity contribution in [1.29, 1.82) is 0 Å². The number of carboxylic acid groups (broad SMARTS) is 1. The van der Waals surface area contributed by atoms with Gasteiger partial charge in [-0.25, -0.2) is 14.4 Å². The molecule has 3 aromatic carbocycles. The number of aliphatic carboxylic acids is 1. The van der Waals surface area contributed by atoms with Crippen LogP contribution in [0.25, 0.3) is 0 Å². The van der Waals surface area contributed by atoms with Gasteiger partial charge in [-0.15, -0.1) is 0 Å². The van der Waals surface area contributed by atoms with Crippen molar-refractivity contribution in [3.8, 4) is 0 Å². The Bertz CT molecular complexity index is 1620. The molecule has 0 unspecified atom stereocenters. The molecule has 11 nitrogen and oxygen atoms in total. The molecule has 0 bridgehead atoms. The summed E-state index contributed by atoms with van der Waals surface area (Å²) in [6.45, 7) is 1.37. The third-order valence-electron chi connectivity index (χ3n) is 5.79. The lowest BCUT2D eigenvalue weighted by Gasteiger charge is -2.24. The summed E-state index contributed by atoms with van der Waals surface area (Å²) in [6, 6.07) is 8.22. The summed E-state index contributed by atoms with van der Waals surface area (Å²) >= 11 is 0. The number of nitro benzene ring substituents is 1. The molecule has 0 aliphatic heterocycles. The van der Waals surface area contributed by atoms with E-state index in [1.165, 1.54) is 13.0 Å². The van der Waals surface area contributed by atoms with Gasteiger partial charge in [0.25, 0.3) is 11.6 Å². The number of benzene rings is 3. The molecule has 1 amide bonds. The van der Waals surface area contributed by atoms with Crippen molar-refractivity contribution in [1.82, 2.24) is 0 Å². The predicted molar refractivity (Wildman–Crippen MR) is 135 cm³/mol. The third kappa shape index (κ3) is 8.08. The summed E-state index contributed by atoms with van der Waals surface area (Å²) in [5.74, 6) is -7.12. The van der Waals surface area contributed by atoms with Gasteiger partial charge in [0, 0.05) is 12.1 Å². The minimum absolute atomic E-state index is 0.180. The number of esters is 2. The first-order valence-electron chi connectivity index (χ1n) is 11.9. The maximum atomic E-state index is 13.2. The van der Waals surface area contributed by atoms with E-state index in [2.05, 4.69) is 5.32 Å². The molecule has 3 rings (SSSR count). The molecular weight excluding hydrogens is 610 g/mol. The number of nitrogens with one attached hydrogen (secondary N) is 1. The summed E-state index contributed by atoms with van der Waals surface area (Å²) in [6.07, 6.45) is -15.3. The first-order chi connectivity index (χ1) is 20.4. The first-order valence-corrected chi connectivity index (χ1v) is 11.9. The van der Waals surface area contributed by atoms with E-state index in [4.69, 9.17) is 9.47 Å². The summed E-state index contributed by atoms with van der Waals surface area (Å²) < 4.78 is 88.5. The fraction of sp³-hybridized carbons (Fsp3) is 0.185. The van der Waals surface area contributed by atoms with Crippen molar-refractivity contribution < 1.29 is 65.0 Å². The lowest BCUT2D eigenvalue weighted by molar-refractivity contribution is -0.384. The Balaban J connectivity index is 2.03. The maximum absolute atomic E-state index is 13.2. The lowest BCUT2D eigenvalue weighted by Crippen LogP contribution is -2.48. The van der Waals surface area contributed by atoms with Crippen LogP contribution < -0.4 is 5.32 Å². The standard InChI is InChI=1S/C27H18F6N2O9/c1-13-8-9-18(35(41)42)12-19(13)34-22(36)20(43-24(39)14-4-2-6-16(10-14)26(28,29)30)21(23(37)38)44-25(40)15-5-3-7-17(11-15)27(31,32)33/h2-12,20-21H,1H3,(H,34,36)(H,37,38)/t20-,21-/m1/s1. The zero-order valence-corrected chi connectivity index (χ0v) is 21.9. The zero-order chi connectivity index (χ0) is 33.0. The van der Waals surface area contributed by atoms with Crippen molar-refractivity contribution in [2.45, 2.75) is 31.5 Å². The quantitative estimate of drug-likeness (QED) is 0.136. The summed E-state index contributed by atoms with van der Waals surface area (Å²) in [7, 11) is 0. The highest BCUT2D eigenvalue weighted by Gasteiger charge is 2.42. The number of rotatable bonds is 9. The zero-order valence-electron chi connectivity index (χ0n) is 21.9. The Morgan fingerprint density at radius 2 is 1.27 bits per heavy atom. The molecule has 0 spiro atoms. The van der Waals surface area contributed by atoms with E-state index in [0.717, 1.165) is 36.4 Å². The Morgan fingerprint density at radius 3 is 1.70 bits per heavy atom. The molecule has 232 valence electrons. The second-order valence-electron chi connectivity index (χ2n) is 8.89. The monoisotopic (exact) mass is 628 g/mol. The summed E-state index contributed by atoms with van der Waals surface area (Å²) in [5, 5.41) is 23.0. The van der Waals surface area contributed by atoms with Gasteiger partial charge in [0.05, 0.1) is 32.9 Å². The number of ether oxygens (including phenoxy) is 2. The average molecular weight is 628 g/mol. The van der Waals surface area contributed by atoms with Crippen LogP contribution >= 0.6 is 0 Å². The number of carboxylic acids is 1. The van der Waals surface area contributed by atoms with Gasteiger partial charge in [-0.2, -0.15) is 26.3 Å². The molecule has 0 saturated carbocycles. The lowest BCUT2D eigenvalue weighted by atomic mass is 10.1. The molecule has 3 aromatic rings. The highest BCUT2D eigenvalue weighted by Crippen LogP contribution is 2.31. The Kier molecular flexibility index (Phi) is 9.61. The van der Waals surface area contributed by atoms with E-state index >= 15 is 0 Å². The number of nitro groups is 1.